The number of aryl methyl sites for hydroxylation is 1. The van der Waals surface area contributed by atoms with Gasteiger partial charge in [0.25, 0.3) is 5.91 Å². The molecule has 27 heavy (non-hydrogen) atoms. The number of amides is 4. The average Bonchev–Trinajstić information content (AvgIpc) is 2.89. The number of anilines is 1. The first-order valence-corrected chi connectivity index (χ1v) is 9.16. The highest BCUT2D eigenvalue weighted by Crippen LogP contribution is 2.39. The number of hydrogen-bond donors (Lipinski definition) is 2. The molecule has 1 fully saturated rings. The number of carbonyl (C=O) groups excluding carboxylic acids is 3. The number of halogens is 1. The molecule has 4 rings (SSSR count). The Kier molecular flexibility index (Phi) is 4.36. The minimum Gasteiger partial charge on any atom is -0.323 e. The molecule has 2 aromatic carbocycles. The number of hydrogen-bond acceptors (Lipinski definition) is 3. The van der Waals surface area contributed by atoms with Crippen LogP contribution in [0.25, 0.3) is 0 Å². The Morgan fingerprint density at radius 3 is 2.70 bits per heavy atom. The summed E-state index contributed by atoms with van der Waals surface area (Å²) >= 11 is 6.04. The molecule has 1 spiro atoms. The van der Waals surface area contributed by atoms with Gasteiger partial charge in [0.15, 0.2) is 0 Å². The quantitative estimate of drug-likeness (QED) is 0.799. The molecular formula is C20H18ClN3O3. The monoisotopic (exact) mass is 383 g/mol. The maximum absolute atomic E-state index is 13.1. The van der Waals surface area contributed by atoms with Crippen molar-refractivity contribution in [1.29, 1.82) is 0 Å². The molecule has 0 aromatic heterocycles. The predicted octanol–water partition coefficient (Wildman–Crippen LogP) is 3.06. The summed E-state index contributed by atoms with van der Waals surface area (Å²) in [6, 6.07) is 13.9. The van der Waals surface area contributed by atoms with E-state index < -0.39 is 17.5 Å². The minimum atomic E-state index is -1.07. The topological polar surface area (TPSA) is 78.5 Å². The van der Waals surface area contributed by atoms with Crippen LogP contribution in [0.15, 0.2) is 48.5 Å². The van der Waals surface area contributed by atoms with Gasteiger partial charge in [0.05, 0.1) is 10.7 Å². The van der Waals surface area contributed by atoms with Crippen LogP contribution >= 0.6 is 11.6 Å². The Hall–Kier alpha value is -2.86. The van der Waals surface area contributed by atoms with Gasteiger partial charge in [-0.1, -0.05) is 48.0 Å². The Morgan fingerprint density at radius 2 is 1.89 bits per heavy atom. The third-order valence-corrected chi connectivity index (χ3v) is 5.43. The number of nitrogens with zero attached hydrogens (tertiary/aromatic N) is 1. The Bertz CT molecular complexity index is 946. The van der Waals surface area contributed by atoms with Crippen molar-refractivity contribution in [3.05, 3.63) is 64.7 Å². The van der Waals surface area contributed by atoms with Crippen molar-refractivity contribution in [2.45, 2.75) is 24.8 Å². The maximum Gasteiger partial charge on any atom is 0.325 e. The fourth-order valence-electron chi connectivity index (χ4n) is 3.85. The summed E-state index contributed by atoms with van der Waals surface area (Å²) in [6.45, 7) is -0.361. The van der Waals surface area contributed by atoms with Crippen molar-refractivity contribution in [1.82, 2.24) is 10.2 Å². The highest BCUT2D eigenvalue weighted by atomic mass is 35.5. The number of urea groups is 1. The zero-order chi connectivity index (χ0) is 19.0. The first-order valence-electron chi connectivity index (χ1n) is 8.78. The van der Waals surface area contributed by atoms with E-state index in [4.69, 9.17) is 11.6 Å². The van der Waals surface area contributed by atoms with Crippen LogP contribution in [0.3, 0.4) is 0 Å². The van der Waals surface area contributed by atoms with Gasteiger partial charge >= 0.3 is 6.03 Å². The van der Waals surface area contributed by atoms with Crippen LogP contribution in [0.5, 0.6) is 0 Å². The van der Waals surface area contributed by atoms with Crippen molar-refractivity contribution >= 4 is 35.1 Å². The number of fused-ring (bicyclic) bond motifs is 2. The minimum absolute atomic E-state index is 0.361. The van der Waals surface area contributed by atoms with Gasteiger partial charge < -0.3 is 10.6 Å². The first-order chi connectivity index (χ1) is 13.0. The van der Waals surface area contributed by atoms with E-state index in [0.717, 1.165) is 28.9 Å². The maximum atomic E-state index is 13.1. The molecule has 1 heterocycles. The normalized spacial score (nSPS) is 21.1. The van der Waals surface area contributed by atoms with E-state index in [0.29, 0.717) is 17.1 Å². The van der Waals surface area contributed by atoms with E-state index in [1.807, 2.05) is 24.3 Å². The standard InChI is InChI=1S/C20H18ClN3O3/c21-15-9-3-4-10-16(15)22-17(25)12-24-18(26)20(23-19(24)27)11-5-7-13-6-1-2-8-14(13)20/h1-4,6,8-10H,5,7,11-12H2,(H,22,25)(H,23,27)/t20-/m1/s1. The SMILES string of the molecule is O=C(CN1C(=O)N[C@@]2(CCCc3ccccc32)C1=O)Nc1ccccc1Cl. The first kappa shape index (κ1) is 17.5. The third-order valence-electron chi connectivity index (χ3n) is 5.10. The van der Waals surface area contributed by atoms with Gasteiger partial charge in [0, 0.05) is 0 Å². The Labute approximate surface area is 161 Å². The summed E-state index contributed by atoms with van der Waals surface area (Å²) in [5.41, 5.74) is 1.24. The number of nitrogens with one attached hydrogen (secondary N) is 2. The van der Waals surface area contributed by atoms with Crippen LogP contribution in [0.2, 0.25) is 5.02 Å². The molecule has 1 saturated heterocycles. The lowest BCUT2D eigenvalue weighted by Crippen LogP contribution is -2.47. The molecule has 0 bridgehead atoms. The van der Waals surface area contributed by atoms with Crippen LogP contribution in [-0.2, 0) is 21.5 Å². The zero-order valence-electron chi connectivity index (χ0n) is 14.5. The van der Waals surface area contributed by atoms with Crippen LogP contribution in [0.1, 0.15) is 24.0 Å². The fraction of sp³-hybridized carbons (Fsp3) is 0.250. The van der Waals surface area contributed by atoms with Gasteiger partial charge in [-0.15, -0.1) is 0 Å². The molecule has 2 aromatic rings. The van der Waals surface area contributed by atoms with E-state index in [1.165, 1.54) is 0 Å². The van der Waals surface area contributed by atoms with Crippen LogP contribution < -0.4 is 10.6 Å². The van der Waals surface area contributed by atoms with E-state index in [-0.39, 0.29) is 12.5 Å². The van der Waals surface area contributed by atoms with Crippen LogP contribution in [0.4, 0.5) is 10.5 Å². The summed E-state index contributed by atoms with van der Waals surface area (Å²) < 4.78 is 0. The van der Waals surface area contributed by atoms with E-state index in [9.17, 15) is 14.4 Å². The highest BCUT2D eigenvalue weighted by molar-refractivity contribution is 6.33. The molecule has 4 amide bonds. The fourth-order valence-corrected chi connectivity index (χ4v) is 4.03. The lowest BCUT2D eigenvalue weighted by Gasteiger charge is -2.33. The molecule has 1 aliphatic carbocycles. The second-order valence-electron chi connectivity index (χ2n) is 6.77. The number of carbonyl (C=O) groups is 3. The Morgan fingerprint density at radius 1 is 1.15 bits per heavy atom. The van der Waals surface area contributed by atoms with Crippen molar-refractivity contribution in [3.63, 3.8) is 0 Å². The molecule has 0 saturated carbocycles. The van der Waals surface area contributed by atoms with Gasteiger partial charge in [-0.05, 0) is 42.5 Å². The summed E-state index contributed by atoms with van der Waals surface area (Å²) in [5.74, 6) is -0.860. The molecular weight excluding hydrogens is 366 g/mol. The van der Waals surface area contributed by atoms with Gasteiger partial charge in [-0.25, -0.2) is 4.79 Å². The molecule has 1 aliphatic heterocycles. The van der Waals surface area contributed by atoms with Crippen molar-refractivity contribution in [2.75, 3.05) is 11.9 Å². The van der Waals surface area contributed by atoms with Gasteiger partial charge in [-0.2, -0.15) is 0 Å². The van der Waals surface area contributed by atoms with Crippen molar-refractivity contribution in [3.8, 4) is 0 Å². The molecule has 2 N–H and O–H groups in total. The number of benzene rings is 2. The molecule has 0 unspecified atom stereocenters. The largest absolute Gasteiger partial charge is 0.325 e. The molecule has 0 radical (unpaired) electrons. The third kappa shape index (κ3) is 2.96. The molecule has 138 valence electrons. The number of imide groups is 1. The van der Waals surface area contributed by atoms with E-state index in [1.54, 1.807) is 24.3 Å². The van der Waals surface area contributed by atoms with Gasteiger partial charge in [-0.3, -0.25) is 14.5 Å². The lowest BCUT2D eigenvalue weighted by molar-refractivity contribution is -0.134. The second kappa shape index (κ2) is 6.70. The van der Waals surface area contributed by atoms with Crippen LogP contribution in [0, 0.1) is 0 Å². The number of para-hydroxylation sites is 1. The van der Waals surface area contributed by atoms with Crippen molar-refractivity contribution < 1.29 is 14.4 Å². The zero-order valence-corrected chi connectivity index (χ0v) is 15.3. The second-order valence-corrected chi connectivity index (χ2v) is 7.17. The molecule has 7 heteroatoms. The molecule has 1 atom stereocenters. The van der Waals surface area contributed by atoms with Crippen LogP contribution in [-0.4, -0.2) is 29.3 Å². The lowest BCUT2D eigenvalue weighted by atomic mass is 9.76. The highest BCUT2D eigenvalue weighted by Gasteiger charge is 2.54. The van der Waals surface area contributed by atoms with E-state index in [2.05, 4.69) is 10.6 Å². The van der Waals surface area contributed by atoms with Gasteiger partial charge in [0.2, 0.25) is 5.91 Å². The molecule has 2 aliphatic rings. The molecule has 6 nitrogen and oxygen atoms in total. The summed E-state index contributed by atoms with van der Waals surface area (Å²) in [5, 5.41) is 5.87. The van der Waals surface area contributed by atoms with Crippen molar-refractivity contribution in [2.24, 2.45) is 0 Å². The summed E-state index contributed by atoms with van der Waals surface area (Å²) in [4.78, 5) is 39.0. The van der Waals surface area contributed by atoms with Gasteiger partial charge in [0.1, 0.15) is 12.1 Å². The Balaban J connectivity index is 1.56. The number of rotatable bonds is 3. The summed E-state index contributed by atoms with van der Waals surface area (Å²) in [7, 11) is 0. The van der Waals surface area contributed by atoms with E-state index >= 15 is 0 Å². The predicted molar refractivity (Wildman–Crippen MR) is 101 cm³/mol. The summed E-state index contributed by atoms with van der Waals surface area (Å²) in [6.07, 6.45) is 2.19. The average molecular weight is 384 g/mol. The smallest absolute Gasteiger partial charge is 0.323 e.